The van der Waals surface area contributed by atoms with Gasteiger partial charge in [-0.25, -0.2) is 0 Å². The summed E-state index contributed by atoms with van der Waals surface area (Å²) in [7, 11) is 0. The first kappa shape index (κ1) is 14.8. The maximum absolute atomic E-state index is 12.7. The fraction of sp³-hybridized carbons (Fsp3) is 0.938. The summed E-state index contributed by atoms with van der Waals surface area (Å²) < 4.78 is 0. The van der Waals surface area contributed by atoms with Crippen LogP contribution in [0.3, 0.4) is 0 Å². The van der Waals surface area contributed by atoms with Crippen molar-refractivity contribution in [2.75, 3.05) is 13.1 Å². The minimum Gasteiger partial charge on any atom is -0.338 e. The highest BCUT2D eigenvalue weighted by molar-refractivity contribution is 5.79. The van der Waals surface area contributed by atoms with Crippen molar-refractivity contribution in [1.82, 2.24) is 10.2 Å². The van der Waals surface area contributed by atoms with E-state index in [1.807, 2.05) is 0 Å². The van der Waals surface area contributed by atoms with Gasteiger partial charge in [-0.15, -0.1) is 0 Å². The zero-order valence-electron chi connectivity index (χ0n) is 12.7. The van der Waals surface area contributed by atoms with E-state index in [2.05, 4.69) is 24.1 Å². The largest absolute Gasteiger partial charge is 0.338 e. The van der Waals surface area contributed by atoms with Gasteiger partial charge in [-0.1, -0.05) is 25.7 Å². The van der Waals surface area contributed by atoms with Crippen molar-refractivity contribution < 1.29 is 4.79 Å². The molecule has 1 heterocycles. The first-order valence-corrected chi connectivity index (χ1v) is 8.22. The van der Waals surface area contributed by atoms with Crippen molar-refractivity contribution in [3.8, 4) is 0 Å². The van der Waals surface area contributed by atoms with Crippen LogP contribution in [0.25, 0.3) is 0 Å². The molecule has 1 saturated heterocycles. The third-order valence-corrected chi connectivity index (χ3v) is 4.69. The zero-order chi connectivity index (χ0) is 13.7. The van der Waals surface area contributed by atoms with E-state index < -0.39 is 0 Å². The standard InChI is InChI=1S/C16H30N2O/c1-13(2)18(12-15-10-6-7-11-17-15)16(19)14-8-4-3-5-9-14/h13-15,17H,3-12H2,1-2H3. The molecule has 2 fully saturated rings. The first-order chi connectivity index (χ1) is 9.18. The highest BCUT2D eigenvalue weighted by atomic mass is 16.2. The molecule has 0 spiro atoms. The Bertz CT molecular complexity index is 278. The van der Waals surface area contributed by atoms with Crippen molar-refractivity contribution >= 4 is 5.91 Å². The molecule has 0 aromatic heterocycles. The van der Waals surface area contributed by atoms with Crippen LogP contribution >= 0.6 is 0 Å². The van der Waals surface area contributed by atoms with Crippen molar-refractivity contribution in [2.45, 2.75) is 77.3 Å². The van der Waals surface area contributed by atoms with E-state index in [1.54, 1.807) is 0 Å². The summed E-state index contributed by atoms with van der Waals surface area (Å²) in [5.41, 5.74) is 0. The van der Waals surface area contributed by atoms with Gasteiger partial charge in [0, 0.05) is 24.5 Å². The van der Waals surface area contributed by atoms with Crippen molar-refractivity contribution in [3.05, 3.63) is 0 Å². The predicted octanol–water partition coefficient (Wildman–Crippen LogP) is 2.95. The molecule has 0 radical (unpaired) electrons. The topological polar surface area (TPSA) is 32.3 Å². The van der Waals surface area contributed by atoms with Crippen molar-refractivity contribution in [2.24, 2.45) is 5.92 Å². The Kier molecular flexibility index (Phi) is 5.68. The van der Waals surface area contributed by atoms with Crippen LogP contribution in [0.5, 0.6) is 0 Å². The van der Waals surface area contributed by atoms with Gasteiger partial charge in [0.1, 0.15) is 0 Å². The molecule has 2 rings (SSSR count). The number of carbonyl (C=O) groups excluding carboxylic acids is 1. The maximum Gasteiger partial charge on any atom is 0.225 e. The molecule has 19 heavy (non-hydrogen) atoms. The fourth-order valence-electron chi connectivity index (χ4n) is 3.46. The Morgan fingerprint density at radius 3 is 2.37 bits per heavy atom. The summed E-state index contributed by atoms with van der Waals surface area (Å²) in [6.07, 6.45) is 9.83. The molecule has 1 aliphatic carbocycles. The van der Waals surface area contributed by atoms with Crippen LogP contribution in [0.2, 0.25) is 0 Å². The normalized spacial score (nSPS) is 25.5. The van der Waals surface area contributed by atoms with Gasteiger partial charge < -0.3 is 10.2 Å². The molecule has 2 aliphatic rings. The first-order valence-electron chi connectivity index (χ1n) is 8.22. The molecule has 1 aliphatic heterocycles. The van der Waals surface area contributed by atoms with Crippen LogP contribution in [-0.4, -0.2) is 36.0 Å². The van der Waals surface area contributed by atoms with Gasteiger partial charge in [0.25, 0.3) is 0 Å². The van der Waals surface area contributed by atoms with Gasteiger partial charge in [0.05, 0.1) is 0 Å². The van der Waals surface area contributed by atoms with Crippen LogP contribution < -0.4 is 5.32 Å². The second kappa shape index (κ2) is 7.28. The number of piperidine rings is 1. The summed E-state index contributed by atoms with van der Waals surface area (Å²) in [6, 6.07) is 0.849. The lowest BCUT2D eigenvalue weighted by atomic mass is 9.87. The Balaban J connectivity index is 1.91. The molecule has 1 amide bonds. The number of nitrogens with zero attached hydrogens (tertiary/aromatic N) is 1. The molecule has 110 valence electrons. The van der Waals surface area contributed by atoms with Crippen molar-refractivity contribution in [1.29, 1.82) is 0 Å². The fourth-order valence-corrected chi connectivity index (χ4v) is 3.46. The maximum atomic E-state index is 12.7. The minimum atomic E-state index is 0.305. The highest BCUT2D eigenvalue weighted by Gasteiger charge is 2.29. The molecular weight excluding hydrogens is 236 g/mol. The monoisotopic (exact) mass is 266 g/mol. The summed E-state index contributed by atoms with van der Waals surface area (Å²) in [5.74, 6) is 0.724. The smallest absolute Gasteiger partial charge is 0.225 e. The van der Waals surface area contributed by atoms with E-state index in [4.69, 9.17) is 0 Å². The van der Waals surface area contributed by atoms with Gasteiger partial charge in [-0.2, -0.15) is 0 Å². The second-order valence-corrected chi connectivity index (χ2v) is 6.57. The average molecular weight is 266 g/mol. The van der Waals surface area contributed by atoms with Gasteiger partial charge >= 0.3 is 0 Å². The molecule has 1 unspecified atom stereocenters. The number of carbonyl (C=O) groups is 1. The SMILES string of the molecule is CC(C)N(CC1CCCCN1)C(=O)C1CCCCC1. The van der Waals surface area contributed by atoms with E-state index >= 15 is 0 Å². The molecule has 0 aromatic rings. The third-order valence-electron chi connectivity index (χ3n) is 4.69. The number of rotatable bonds is 4. The summed E-state index contributed by atoms with van der Waals surface area (Å²) in [4.78, 5) is 14.8. The number of hydrogen-bond donors (Lipinski definition) is 1. The molecule has 3 nitrogen and oxygen atoms in total. The van der Waals surface area contributed by atoms with Gasteiger partial charge in [0.15, 0.2) is 0 Å². The summed E-state index contributed by atoms with van der Waals surface area (Å²) in [6.45, 7) is 6.34. The van der Waals surface area contributed by atoms with E-state index in [0.717, 1.165) is 25.9 Å². The predicted molar refractivity (Wildman–Crippen MR) is 79.1 cm³/mol. The van der Waals surface area contributed by atoms with E-state index in [1.165, 1.54) is 38.5 Å². The van der Waals surface area contributed by atoms with Crippen LogP contribution in [0.15, 0.2) is 0 Å². The Morgan fingerprint density at radius 1 is 1.11 bits per heavy atom. The highest BCUT2D eigenvalue weighted by Crippen LogP contribution is 2.26. The number of amides is 1. The molecule has 1 saturated carbocycles. The Labute approximate surface area is 118 Å². The quantitative estimate of drug-likeness (QED) is 0.848. The van der Waals surface area contributed by atoms with Gasteiger partial charge in [0.2, 0.25) is 5.91 Å². The van der Waals surface area contributed by atoms with Crippen LogP contribution in [0, 0.1) is 5.92 Å². The lowest BCUT2D eigenvalue weighted by Gasteiger charge is -2.36. The summed E-state index contributed by atoms with van der Waals surface area (Å²) >= 11 is 0. The number of nitrogens with one attached hydrogen (secondary N) is 1. The van der Waals surface area contributed by atoms with E-state index in [9.17, 15) is 4.79 Å². The second-order valence-electron chi connectivity index (χ2n) is 6.57. The van der Waals surface area contributed by atoms with Gasteiger partial charge in [-0.3, -0.25) is 4.79 Å². The lowest BCUT2D eigenvalue weighted by Crippen LogP contribution is -2.50. The molecule has 1 atom stereocenters. The third kappa shape index (κ3) is 4.20. The van der Waals surface area contributed by atoms with Gasteiger partial charge in [-0.05, 0) is 46.1 Å². The van der Waals surface area contributed by atoms with Crippen molar-refractivity contribution in [3.63, 3.8) is 0 Å². The lowest BCUT2D eigenvalue weighted by molar-refractivity contribution is -0.138. The van der Waals surface area contributed by atoms with Crippen LogP contribution in [0.1, 0.15) is 65.2 Å². The average Bonchev–Trinajstić information content (AvgIpc) is 2.46. The van der Waals surface area contributed by atoms with Crippen LogP contribution in [0.4, 0.5) is 0 Å². The minimum absolute atomic E-state index is 0.305. The Morgan fingerprint density at radius 2 is 1.79 bits per heavy atom. The van der Waals surface area contributed by atoms with E-state index in [-0.39, 0.29) is 0 Å². The van der Waals surface area contributed by atoms with E-state index in [0.29, 0.717) is 23.9 Å². The summed E-state index contributed by atoms with van der Waals surface area (Å²) in [5, 5.41) is 3.57. The molecule has 0 bridgehead atoms. The molecule has 0 aromatic carbocycles. The molecule has 1 N–H and O–H groups in total. The Hall–Kier alpha value is -0.570. The van der Waals surface area contributed by atoms with Crippen LogP contribution in [-0.2, 0) is 4.79 Å². The molecular formula is C16H30N2O. The number of hydrogen-bond acceptors (Lipinski definition) is 2. The molecule has 3 heteroatoms. The zero-order valence-corrected chi connectivity index (χ0v) is 12.7.